The van der Waals surface area contributed by atoms with Crippen LogP contribution in [0.15, 0.2) is 12.4 Å². The maximum absolute atomic E-state index is 5.55. The van der Waals surface area contributed by atoms with Gasteiger partial charge in [-0.15, -0.1) is 0 Å². The van der Waals surface area contributed by atoms with Gasteiger partial charge < -0.3 is 15.4 Å². The lowest BCUT2D eigenvalue weighted by molar-refractivity contribution is 0.232. The highest BCUT2D eigenvalue weighted by atomic mass is 16.5. The van der Waals surface area contributed by atoms with Crippen LogP contribution in [0.5, 0.6) is 5.88 Å². The van der Waals surface area contributed by atoms with E-state index < -0.39 is 0 Å². The van der Waals surface area contributed by atoms with Gasteiger partial charge in [-0.05, 0) is 52.1 Å². The molecule has 1 aromatic heterocycles. The highest BCUT2D eigenvalue weighted by Crippen LogP contribution is 2.15. The van der Waals surface area contributed by atoms with Crippen LogP contribution in [0.4, 0.5) is 5.82 Å². The molecule has 106 valence electrons. The largest absolute Gasteiger partial charge is 0.475 e. The summed E-state index contributed by atoms with van der Waals surface area (Å²) in [6, 6.07) is 1.86. The Balaban J connectivity index is 1.75. The predicted molar refractivity (Wildman–Crippen MR) is 76.5 cm³/mol. The van der Waals surface area contributed by atoms with Gasteiger partial charge in [0, 0.05) is 12.6 Å². The average Bonchev–Trinajstić information content (AvgIpc) is 2.40. The van der Waals surface area contributed by atoms with Crippen molar-refractivity contribution in [2.24, 2.45) is 5.92 Å². The van der Waals surface area contributed by atoms with Crippen LogP contribution >= 0.6 is 0 Å². The smallest absolute Gasteiger partial charge is 0.218 e. The number of piperidine rings is 1. The van der Waals surface area contributed by atoms with Gasteiger partial charge in [-0.2, -0.15) is 0 Å². The molecule has 1 fully saturated rings. The minimum absolute atomic E-state index is 0.135. The van der Waals surface area contributed by atoms with E-state index in [1.165, 1.54) is 25.8 Å². The number of rotatable bonds is 6. The van der Waals surface area contributed by atoms with Crippen LogP contribution in [0.2, 0.25) is 0 Å². The van der Waals surface area contributed by atoms with E-state index in [9.17, 15) is 0 Å². The van der Waals surface area contributed by atoms with Crippen LogP contribution in [0.3, 0.4) is 0 Å². The van der Waals surface area contributed by atoms with Crippen molar-refractivity contribution in [3.05, 3.63) is 12.4 Å². The van der Waals surface area contributed by atoms with Gasteiger partial charge in [0.05, 0.1) is 6.10 Å². The zero-order valence-corrected chi connectivity index (χ0v) is 11.9. The SMILES string of the molecule is CC(C)Oc1cc(NCCC2CCCNC2)ncn1. The molecule has 1 aliphatic rings. The van der Waals surface area contributed by atoms with Crippen molar-refractivity contribution >= 4 is 5.82 Å². The summed E-state index contributed by atoms with van der Waals surface area (Å²) in [7, 11) is 0. The van der Waals surface area contributed by atoms with E-state index in [0.29, 0.717) is 5.88 Å². The third-order valence-electron chi connectivity index (χ3n) is 3.26. The van der Waals surface area contributed by atoms with Crippen LogP contribution in [0, 0.1) is 5.92 Å². The number of ether oxygens (including phenoxy) is 1. The second-order valence-electron chi connectivity index (χ2n) is 5.34. The van der Waals surface area contributed by atoms with Gasteiger partial charge in [0.25, 0.3) is 0 Å². The van der Waals surface area contributed by atoms with Gasteiger partial charge in [0.1, 0.15) is 12.1 Å². The second-order valence-corrected chi connectivity index (χ2v) is 5.34. The Kier molecular flexibility index (Phi) is 5.39. The first-order valence-electron chi connectivity index (χ1n) is 7.17. The van der Waals surface area contributed by atoms with Crippen molar-refractivity contribution in [1.29, 1.82) is 0 Å². The first kappa shape index (κ1) is 14.1. The van der Waals surface area contributed by atoms with Gasteiger partial charge in [-0.1, -0.05) is 0 Å². The summed E-state index contributed by atoms with van der Waals surface area (Å²) in [5.74, 6) is 2.26. The second kappa shape index (κ2) is 7.28. The van der Waals surface area contributed by atoms with Crippen molar-refractivity contribution in [1.82, 2.24) is 15.3 Å². The Morgan fingerprint density at radius 3 is 3.11 bits per heavy atom. The molecule has 2 heterocycles. The average molecular weight is 264 g/mol. The normalized spacial score (nSPS) is 19.4. The summed E-state index contributed by atoms with van der Waals surface area (Å²) in [5.41, 5.74) is 0. The van der Waals surface area contributed by atoms with Gasteiger partial charge >= 0.3 is 0 Å². The Morgan fingerprint density at radius 2 is 2.37 bits per heavy atom. The van der Waals surface area contributed by atoms with E-state index in [-0.39, 0.29) is 6.10 Å². The fourth-order valence-electron chi connectivity index (χ4n) is 2.32. The Hall–Kier alpha value is -1.36. The topological polar surface area (TPSA) is 59.1 Å². The third kappa shape index (κ3) is 5.03. The fraction of sp³-hybridized carbons (Fsp3) is 0.714. The summed E-state index contributed by atoms with van der Waals surface area (Å²) < 4.78 is 5.55. The van der Waals surface area contributed by atoms with Crippen LogP contribution in [0.25, 0.3) is 0 Å². The number of hydrogen-bond donors (Lipinski definition) is 2. The maximum atomic E-state index is 5.55. The van der Waals surface area contributed by atoms with Crippen LogP contribution < -0.4 is 15.4 Å². The monoisotopic (exact) mass is 264 g/mol. The highest BCUT2D eigenvalue weighted by molar-refractivity contribution is 5.36. The summed E-state index contributed by atoms with van der Waals surface area (Å²) in [6.07, 6.45) is 5.49. The predicted octanol–water partition coefficient (Wildman–Crippen LogP) is 2.07. The van der Waals surface area contributed by atoms with E-state index in [1.54, 1.807) is 6.33 Å². The molecule has 0 spiro atoms. The van der Waals surface area contributed by atoms with E-state index in [4.69, 9.17) is 4.74 Å². The molecule has 1 aromatic rings. The molecule has 2 rings (SSSR count). The standard InChI is InChI=1S/C14H24N4O/c1-11(2)19-14-8-13(17-10-18-14)16-7-5-12-4-3-6-15-9-12/h8,10-12,15H,3-7,9H2,1-2H3,(H,16,17,18). The molecule has 2 N–H and O–H groups in total. The van der Waals surface area contributed by atoms with Crippen molar-refractivity contribution in [2.45, 2.75) is 39.2 Å². The molecule has 0 saturated carbocycles. The van der Waals surface area contributed by atoms with Gasteiger partial charge in [0.2, 0.25) is 5.88 Å². The lowest BCUT2D eigenvalue weighted by atomic mass is 9.96. The molecule has 0 aliphatic carbocycles. The zero-order chi connectivity index (χ0) is 13.5. The van der Waals surface area contributed by atoms with Crippen molar-refractivity contribution in [3.63, 3.8) is 0 Å². The first-order valence-corrected chi connectivity index (χ1v) is 7.17. The lowest BCUT2D eigenvalue weighted by Crippen LogP contribution is -2.30. The number of nitrogens with zero attached hydrogens (tertiary/aromatic N) is 2. The Labute approximate surface area is 115 Å². The summed E-state index contributed by atoms with van der Waals surface area (Å²) in [5, 5.41) is 6.79. The molecule has 5 nitrogen and oxygen atoms in total. The quantitative estimate of drug-likeness (QED) is 0.823. The van der Waals surface area contributed by atoms with Crippen molar-refractivity contribution in [2.75, 3.05) is 25.0 Å². The fourth-order valence-corrected chi connectivity index (χ4v) is 2.32. The Bertz CT molecular complexity index is 377. The third-order valence-corrected chi connectivity index (χ3v) is 3.26. The summed E-state index contributed by atoms with van der Waals surface area (Å²) >= 11 is 0. The number of hydrogen-bond acceptors (Lipinski definition) is 5. The summed E-state index contributed by atoms with van der Waals surface area (Å²) in [4.78, 5) is 8.31. The molecule has 19 heavy (non-hydrogen) atoms. The molecule has 1 unspecified atom stereocenters. The van der Waals surface area contributed by atoms with Gasteiger partial charge in [-0.25, -0.2) is 9.97 Å². The molecule has 1 atom stereocenters. The van der Waals surface area contributed by atoms with Crippen LogP contribution in [-0.2, 0) is 0 Å². The molecule has 0 radical (unpaired) electrons. The molecule has 0 aromatic carbocycles. The van der Waals surface area contributed by atoms with Crippen molar-refractivity contribution in [3.8, 4) is 5.88 Å². The molecular formula is C14H24N4O. The molecule has 0 bridgehead atoms. The maximum Gasteiger partial charge on any atom is 0.218 e. The van der Waals surface area contributed by atoms with Gasteiger partial charge in [0.15, 0.2) is 0 Å². The minimum Gasteiger partial charge on any atom is -0.475 e. The molecule has 5 heteroatoms. The molecular weight excluding hydrogens is 240 g/mol. The summed E-state index contributed by atoms with van der Waals surface area (Å²) in [6.45, 7) is 7.25. The molecule has 1 saturated heterocycles. The van der Waals surface area contributed by atoms with Gasteiger partial charge in [-0.3, -0.25) is 0 Å². The number of anilines is 1. The first-order chi connectivity index (χ1) is 9.24. The molecule has 1 aliphatic heterocycles. The zero-order valence-electron chi connectivity index (χ0n) is 11.9. The lowest BCUT2D eigenvalue weighted by Gasteiger charge is -2.22. The van der Waals surface area contributed by atoms with Crippen molar-refractivity contribution < 1.29 is 4.74 Å². The van der Waals surface area contributed by atoms with E-state index in [2.05, 4.69) is 20.6 Å². The Morgan fingerprint density at radius 1 is 1.47 bits per heavy atom. The van der Waals surface area contributed by atoms with E-state index >= 15 is 0 Å². The number of nitrogens with one attached hydrogen (secondary N) is 2. The van der Waals surface area contributed by atoms with E-state index in [1.807, 2.05) is 19.9 Å². The van der Waals surface area contributed by atoms with Crippen LogP contribution in [-0.4, -0.2) is 35.7 Å². The number of aromatic nitrogens is 2. The van der Waals surface area contributed by atoms with E-state index in [0.717, 1.165) is 24.8 Å². The minimum atomic E-state index is 0.135. The molecule has 0 amide bonds. The van der Waals surface area contributed by atoms with Crippen LogP contribution in [0.1, 0.15) is 33.1 Å². The highest BCUT2D eigenvalue weighted by Gasteiger charge is 2.12.